The van der Waals surface area contributed by atoms with Gasteiger partial charge in [-0.2, -0.15) is 0 Å². The van der Waals surface area contributed by atoms with Crippen molar-refractivity contribution in [1.82, 2.24) is 5.32 Å². The summed E-state index contributed by atoms with van der Waals surface area (Å²) in [5, 5.41) is 11.5. The second kappa shape index (κ2) is 5.73. The van der Waals surface area contributed by atoms with Gasteiger partial charge in [0.15, 0.2) is 6.23 Å². The minimum Gasteiger partial charge on any atom is -0.369 e. The van der Waals surface area contributed by atoms with Gasteiger partial charge >= 0.3 is 0 Å². The van der Waals surface area contributed by atoms with E-state index in [9.17, 15) is 9.90 Å². The van der Waals surface area contributed by atoms with Crippen LogP contribution in [0.3, 0.4) is 0 Å². The van der Waals surface area contributed by atoms with Crippen LogP contribution in [-0.2, 0) is 11.2 Å². The Kier molecular flexibility index (Phi) is 4.87. The molecule has 0 aliphatic rings. The van der Waals surface area contributed by atoms with Crippen molar-refractivity contribution < 1.29 is 9.90 Å². The minimum absolute atomic E-state index is 0.124. The number of hydrogen-bond acceptors (Lipinski definition) is 2. The van der Waals surface area contributed by atoms with E-state index in [0.717, 1.165) is 5.56 Å². The van der Waals surface area contributed by atoms with Crippen LogP contribution in [-0.4, -0.2) is 21.0 Å². The van der Waals surface area contributed by atoms with Gasteiger partial charge < -0.3 is 10.4 Å². The number of nitrogens with one attached hydrogen (secondary N) is 1. The summed E-state index contributed by atoms with van der Waals surface area (Å²) in [5.74, 6) is -0.412. The first-order chi connectivity index (χ1) is 7.39. The molecule has 0 saturated heterocycles. The molecule has 2 N–H and O–H groups in total. The smallest absolute Gasteiger partial charge is 0.234 e. The molecule has 0 unspecified atom stereocenters. The lowest BCUT2D eigenvalue weighted by atomic mass is 10.1. The summed E-state index contributed by atoms with van der Waals surface area (Å²) in [4.78, 5) is 11.4. The molecule has 0 fully saturated rings. The Labute approximate surface area is 108 Å². The van der Waals surface area contributed by atoms with Crippen molar-refractivity contribution in [3.05, 3.63) is 35.9 Å². The number of aliphatic hydroxyl groups is 1. The Morgan fingerprint density at radius 2 is 1.88 bits per heavy atom. The molecule has 0 aliphatic heterocycles. The third kappa shape index (κ3) is 4.58. The molecule has 0 aromatic heterocycles. The molecule has 0 bridgehead atoms. The highest BCUT2D eigenvalue weighted by atomic mass is 35.6. The number of carbonyl (C=O) groups is 1. The van der Waals surface area contributed by atoms with Crippen LogP contribution in [0.5, 0.6) is 0 Å². The molecule has 16 heavy (non-hydrogen) atoms. The molecule has 88 valence electrons. The van der Waals surface area contributed by atoms with Gasteiger partial charge in [-0.15, -0.1) is 0 Å². The van der Waals surface area contributed by atoms with Gasteiger partial charge in [0.2, 0.25) is 9.70 Å². The van der Waals surface area contributed by atoms with Crippen LogP contribution in [0.15, 0.2) is 30.3 Å². The van der Waals surface area contributed by atoms with Crippen molar-refractivity contribution in [2.45, 2.75) is 16.4 Å². The molecule has 0 aliphatic carbocycles. The molecule has 1 aromatic rings. The lowest BCUT2D eigenvalue weighted by Crippen LogP contribution is -2.44. The first kappa shape index (κ1) is 13.6. The quantitative estimate of drug-likeness (QED) is 0.658. The monoisotopic (exact) mass is 281 g/mol. The molecular formula is C10H10Cl3NO2. The van der Waals surface area contributed by atoms with E-state index in [0.29, 0.717) is 0 Å². The molecule has 0 saturated carbocycles. The van der Waals surface area contributed by atoms with Gasteiger partial charge in [-0.05, 0) is 5.56 Å². The third-order valence-corrected chi connectivity index (χ3v) is 2.44. The standard InChI is InChI=1S/C10H10Cl3NO2/c11-10(12,13)9(16)14-8(15)6-7-4-2-1-3-5-7/h1-5,9,16H,6H2,(H,14,15)/t9-/m0/s1. The van der Waals surface area contributed by atoms with E-state index >= 15 is 0 Å². The number of carbonyl (C=O) groups excluding carboxylic acids is 1. The molecule has 0 radical (unpaired) electrons. The van der Waals surface area contributed by atoms with E-state index in [4.69, 9.17) is 34.8 Å². The van der Waals surface area contributed by atoms with Gasteiger partial charge in [0.1, 0.15) is 0 Å². The average Bonchev–Trinajstić information content (AvgIpc) is 2.17. The van der Waals surface area contributed by atoms with Gasteiger partial charge in [-0.25, -0.2) is 0 Å². The normalized spacial score (nSPS) is 13.2. The summed E-state index contributed by atoms with van der Waals surface area (Å²) in [6.45, 7) is 0. The molecule has 1 atom stereocenters. The fourth-order valence-corrected chi connectivity index (χ4v) is 1.23. The molecule has 0 heterocycles. The highest BCUT2D eigenvalue weighted by Gasteiger charge is 2.31. The Morgan fingerprint density at radius 1 is 1.31 bits per heavy atom. The lowest BCUT2D eigenvalue weighted by Gasteiger charge is -2.19. The van der Waals surface area contributed by atoms with Gasteiger partial charge in [0.05, 0.1) is 6.42 Å². The molecule has 3 nitrogen and oxygen atoms in total. The summed E-state index contributed by atoms with van der Waals surface area (Å²) in [6, 6.07) is 9.06. The van der Waals surface area contributed by atoms with Gasteiger partial charge in [-0.3, -0.25) is 4.79 Å². The zero-order chi connectivity index (χ0) is 12.2. The predicted molar refractivity (Wildman–Crippen MR) is 64.6 cm³/mol. The summed E-state index contributed by atoms with van der Waals surface area (Å²) in [5.41, 5.74) is 0.816. The highest BCUT2D eigenvalue weighted by molar-refractivity contribution is 6.68. The van der Waals surface area contributed by atoms with Crippen molar-refractivity contribution in [2.24, 2.45) is 0 Å². The number of alkyl halides is 3. The zero-order valence-electron chi connectivity index (χ0n) is 8.16. The van der Waals surface area contributed by atoms with Crippen molar-refractivity contribution in [1.29, 1.82) is 0 Å². The number of halogens is 3. The number of aliphatic hydroxyl groups excluding tert-OH is 1. The van der Waals surface area contributed by atoms with Crippen molar-refractivity contribution in [3.8, 4) is 0 Å². The van der Waals surface area contributed by atoms with Crippen LogP contribution in [0.4, 0.5) is 0 Å². The second-order valence-corrected chi connectivity index (χ2v) is 5.54. The van der Waals surface area contributed by atoms with Crippen LogP contribution in [0.2, 0.25) is 0 Å². The van der Waals surface area contributed by atoms with Crippen molar-refractivity contribution in [2.75, 3.05) is 0 Å². The summed E-state index contributed by atoms with van der Waals surface area (Å²) in [6.07, 6.45) is -1.40. The van der Waals surface area contributed by atoms with E-state index in [-0.39, 0.29) is 6.42 Å². The maximum atomic E-state index is 11.4. The number of benzene rings is 1. The number of rotatable bonds is 3. The maximum Gasteiger partial charge on any atom is 0.234 e. The SMILES string of the molecule is O=C(Cc1ccccc1)N[C@@H](O)C(Cl)(Cl)Cl. The fourth-order valence-electron chi connectivity index (χ4n) is 1.07. The predicted octanol–water partition coefficient (Wildman–Crippen LogP) is 2.03. The van der Waals surface area contributed by atoms with Crippen LogP contribution in [0, 0.1) is 0 Å². The molecule has 1 amide bonds. The highest BCUT2D eigenvalue weighted by Crippen LogP contribution is 2.28. The van der Waals surface area contributed by atoms with Gasteiger partial charge in [0.25, 0.3) is 0 Å². The topological polar surface area (TPSA) is 49.3 Å². The second-order valence-electron chi connectivity index (χ2n) is 3.17. The Bertz CT molecular complexity index is 351. The van der Waals surface area contributed by atoms with E-state index < -0.39 is 15.9 Å². The van der Waals surface area contributed by atoms with E-state index in [1.54, 1.807) is 12.1 Å². The first-order valence-electron chi connectivity index (χ1n) is 4.47. The Hall–Kier alpha value is -0.480. The van der Waals surface area contributed by atoms with Crippen molar-refractivity contribution in [3.63, 3.8) is 0 Å². The van der Waals surface area contributed by atoms with E-state index in [2.05, 4.69) is 5.32 Å². The third-order valence-electron chi connectivity index (χ3n) is 1.82. The first-order valence-corrected chi connectivity index (χ1v) is 5.61. The van der Waals surface area contributed by atoms with E-state index in [1.807, 2.05) is 18.2 Å². The minimum atomic E-state index is -1.92. The largest absolute Gasteiger partial charge is 0.369 e. The summed E-state index contributed by atoms with van der Waals surface area (Å²) in [7, 11) is 0. The van der Waals surface area contributed by atoms with Crippen LogP contribution in [0.25, 0.3) is 0 Å². The Balaban J connectivity index is 2.49. The summed E-state index contributed by atoms with van der Waals surface area (Å²) >= 11 is 16.2. The van der Waals surface area contributed by atoms with Crippen LogP contribution >= 0.6 is 34.8 Å². The molecule has 6 heteroatoms. The number of amides is 1. The van der Waals surface area contributed by atoms with Crippen molar-refractivity contribution >= 4 is 40.7 Å². The molecule has 1 rings (SSSR count). The number of hydrogen-bond donors (Lipinski definition) is 2. The zero-order valence-corrected chi connectivity index (χ0v) is 10.4. The Morgan fingerprint density at radius 3 is 2.38 bits per heavy atom. The average molecular weight is 283 g/mol. The van der Waals surface area contributed by atoms with Crippen LogP contribution in [0.1, 0.15) is 5.56 Å². The lowest BCUT2D eigenvalue weighted by molar-refractivity contribution is -0.123. The van der Waals surface area contributed by atoms with E-state index in [1.165, 1.54) is 0 Å². The molecular weight excluding hydrogens is 272 g/mol. The molecule has 0 spiro atoms. The van der Waals surface area contributed by atoms with Gasteiger partial charge in [0, 0.05) is 0 Å². The maximum absolute atomic E-state index is 11.4. The molecule has 1 aromatic carbocycles. The summed E-state index contributed by atoms with van der Waals surface area (Å²) < 4.78 is -1.92. The van der Waals surface area contributed by atoms with Gasteiger partial charge in [-0.1, -0.05) is 65.1 Å². The van der Waals surface area contributed by atoms with Crippen LogP contribution < -0.4 is 5.32 Å². The fraction of sp³-hybridized carbons (Fsp3) is 0.300.